The van der Waals surface area contributed by atoms with Gasteiger partial charge in [-0.25, -0.2) is 4.79 Å². The number of aliphatic hydroxyl groups excluding tert-OH is 2. The van der Waals surface area contributed by atoms with Crippen LogP contribution in [0.15, 0.2) is 30.3 Å². The molecule has 0 saturated carbocycles. The third-order valence-corrected chi connectivity index (χ3v) is 2.51. The minimum atomic E-state index is -0.980. The second-order valence-electron chi connectivity index (χ2n) is 5.68. The second-order valence-corrected chi connectivity index (χ2v) is 5.68. The highest BCUT2D eigenvalue weighted by molar-refractivity contribution is 5.68. The minimum absolute atomic E-state index is 0.0281. The molecule has 0 bridgehead atoms. The highest BCUT2D eigenvalue weighted by Gasteiger charge is 2.24. The summed E-state index contributed by atoms with van der Waals surface area (Å²) >= 11 is 0. The van der Waals surface area contributed by atoms with Gasteiger partial charge in [-0.3, -0.25) is 0 Å². The molecule has 1 aromatic carbocycles. The molecular weight excluding hydrogens is 258 g/mol. The maximum Gasteiger partial charge on any atom is 0.410 e. The van der Waals surface area contributed by atoms with Crippen LogP contribution < -0.4 is 0 Å². The maximum atomic E-state index is 12.1. The van der Waals surface area contributed by atoms with E-state index in [1.807, 2.05) is 30.3 Å². The van der Waals surface area contributed by atoms with Gasteiger partial charge in [-0.1, -0.05) is 30.3 Å². The molecule has 0 aromatic heterocycles. The number of hydrogen-bond acceptors (Lipinski definition) is 4. The number of aliphatic hydroxyl groups is 2. The summed E-state index contributed by atoms with van der Waals surface area (Å²) in [6.45, 7) is 5.32. The van der Waals surface area contributed by atoms with E-state index in [0.717, 1.165) is 5.56 Å². The molecule has 0 aliphatic carbocycles. The van der Waals surface area contributed by atoms with Crippen LogP contribution in [0.5, 0.6) is 0 Å². The van der Waals surface area contributed by atoms with Crippen molar-refractivity contribution in [1.82, 2.24) is 4.90 Å². The van der Waals surface area contributed by atoms with E-state index in [9.17, 15) is 9.90 Å². The summed E-state index contributed by atoms with van der Waals surface area (Å²) in [4.78, 5) is 13.5. The van der Waals surface area contributed by atoms with E-state index in [4.69, 9.17) is 9.84 Å². The van der Waals surface area contributed by atoms with Crippen LogP contribution in [-0.2, 0) is 11.3 Å². The molecule has 1 atom stereocenters. The predicted molar refractivity (Wildman–Crippen MR) is 76.2 cm³/mol. The Morgan fingerprint density at radius 1 is 1.30 bits per heavy atom. The van der Waals surface area contributed by atoms with Gasteiger partial charge >= 0.3 is 6.09 Å². The van der Waals surface area contributed by atoms with Crippen LogP contribution in [0.3, 0.4) is 0 Å². The Balaban J connectivity index is 2.77. The van der Waals surface area contributed by atoms with Crippen molar-refractivity contribution in [1.29, 1.82) is 0 Å². The lowest BCUT2D eigenvalue weighted by Gasteiger charge is -2.28. The average molecular weight is 281 g/mol. The number of nitrogens with zero attached hydrogens (tertiary/aromatic N) is 1. The molecule has 1 aromatic rings. The summed E-state index contributed by atoms with van der Waals surface area (Å²) < 4.78 is 5.31. The van der Waals surface area contributed by atoms with E-state index in [-0.39, 0.29) is 6.54 Å². The first-order chi connectivity index (χ1) is 9.31. The second kappa shape index (κ2) is 7.26. The Kier molecular flexibility index (Phi) is 5.98. The topological polar surface area (TPSA) is 70.0 Å². The van der Waals surface area contributed by atoms with Gasteiger partial charge in [0.15, 0.2) is 0 Å². The molecule has 1 amide bonds. The Bertz CT molecular complexity index is 414. The lowest BCUT2D eigenvalue weighted by molar-refractivity contribution is 0.00536. The zero-order valence-electron chi connectivity index (χ0n) is 12.2. The number of rotatable bonds is 5. The van der Waals surface area contributed by atoms with Crippen LogP contribution >= 0.6 is 0 Å². The largest absolute Gasteiger partial charge is 0.444 e. The molecule has 20 heavy (non-hydrogen) atoms. The molecule has 1 unspecified atom stereocenters. The Labute approximate surface area is 119 Å². The first-order valence-corrected chi connectivity index (χ1v) is 6.62. The molecule has 0 heterocycles. The number of hydrogen-bond donors (Lipinski definition) is 2. The quantitative estimate of drug-likeness (QED) is 0.863. The lowest BCUT2D eigenvalue weighted by atomic mass is 10.2. The highest BCUT2D eigenvalue weighted by atomic mass is 16.6. The van der Waals surface area contributed by atoms with Crippen LogP contribution in [0.25, 0.3) is 0 Å². The smallest absolute Gasteiger partial charge is 0.410 e. The Morgan fingerprint density at radius 2 is 1.90 bits per heavy atom. The summed E-state index contributed by atoms with van der Waals surface area (Å²) in [6.07, 6.45) is -1.49. The third kappa shape index (κ3) is 6.04. The Hall–Kier alpha value is -1.59. The average Bonchev–Trinajstić information content (AvgIpc) is 2.37. The van der Waals surface area contributed by atoms with Crippen LogP contribution in [0.1, 0.15) is 26.3 Å². The van der Waals surface area contributed by atoms with Gasteiger partial charge < -0.3 is 19.8 Å². The summed E-state index contributed by atoms with van der Waals surface area (Å²) in [5, 5.41) is 18.5. The molecule has 2 N–H and O–H groups in total. The van der Waals surface area contributed by atoms with Crippen LogP contribution in [-0.4, -0.2) is 46.1 Å². The summed E-state index contributed by atoms with van der Waals surface area (Å²) in [6, 6.07) is 9.44. The Morgan fingerprint density at radius 3 is 2.40 bits per heavy atom. The van der Waals surface area contributed by atoms with Crippen molar-refractivity contribution in [2.45, 2.75) is 39.0 Å². The maximum absolute atomic E-state index is 12.1. The van der Waals surface area contributed by atoms with E-state index in [2.05, 4.69) is 0 Å². The molecular formula is C15H23NO4. The summed E-state index contributed by atoms with van der Waals surface area (Å²) in [7, 11) is 0. The van der Waals surface area contributed by atoms with Gasteiger partial charge in [0.1, 0.15) is 5.60 Å². The van der Waals surface area contributed by atoms with Crippen molar-refractivity contribution in [2.24, 2.45) is 0 Å². The number of benzene rings is 1. The molecule has 5 heteroatoms. The SMILES string of the molecule is CC(C)(C)OC(=O)N(Cc1ccccc1)CC(O)CO. The van der Waals surface area contributed by atoms with E-state index >= 15 is 0 Å². The van der Waals surface area contributed by atoms with E-state index in [1.54, 1.807) is 20.8 Å². The number of amides is 1. The number of carbonyl (C=O) groups excluding carboxylic acids is 1. The molecule has 1 rings (SSSR count). The van der Waals surface area contributed by atoms with Crippen molar-refractivity contribution in [3.05, 3.63) is 35.9 Å². The van der Waals surface area contributed by atoms with Gasteiger partial charge in [-0.05, 0) is 26.3 Å². The summed E-state index contributed by atoms with van der Waals surface area (Å²) in [5.41, 5.74) is 0.333. The molecule has 5 nitrogen and oxygen atoms in total. The van der Waals surface area contributed by atoms with Crippen LogP contribution in [0.2, 0.25) is 0 Å². The van der Waals surface area contributed by atoms with Gasteiger partial charge in [0.05, 0.1) is 19.3 Å². The van der Waals surface area contributed by atoms with Crippen LogP contribution in [0, 0.1) is 0 Å². The van der Waals surface area contributed by atoms with Crippen molar-refractivity contribution in [3.8, 4) is 0 Å². The minimum Gasteiger partial charge on any atom is -0.444 e. The molecule has 0 aliphatic rings. The first kappa shape index (κ1) is 16.5. The summed E-state index contributed by atoms with van der Waals surface area (Å²) in [5.74, 6) is 0. The van der Waals surface area contributed by atoms with Gasteiger partial charge in [0, 0.05) is 6.54 Å². The first-order valence-electron chi connectivity index (χ1n) is 6.62. The van der Waals surface area contributed by atoms with Gasteiger partial charge in [-0.15, -0.1) is 0 Å². The van der Waals surface area contributed by atoms with Crippen molar-refractivity contribution in [2.75, 3.05) is 13.2 Å². The molecule has 0 radical (unpaired) electrons. The van der Waals surface area contributed by atoms with Gasteiger partial charge in [0.2, 0.25) is 0 Å². The lowest BCUT2D eigenvalue weighted by Crippen LogP contribution is -2.41. The fourth-order valence-corrected chi connectivity index (χ4v) is 1.65. The van der Waals surface area contributed by atoms with Crippen molar-refractivity contribution < 1.29 is 19.7 Å². The number of carbonyl (C=O) groups is 1. The fraction of sp³-hybridized carbons (Fsp3) is 0.533. The monoisotopic (exact) mass is 281 g/mol. The molecule has 0 saturated heterocycles. The standard InChI is InChI=1S/C15H23NO4/c1-15(2,3)20-14(19)16(10-13(18)11-17)9-12-7-5-4-6-8-12/h4-8,13,17-18H,9-11H2,1-3H3. The normalized spacial score (nSPS) is 12.8. The molecule has 0 spiro atoms. The van der Waals surface area contributed by atoms with E-state index < -0.39 is 24.4 Å². The van der Waals surface area contributed by atoms with Gasteiger partial charge in [0.25, 0.3) is 0 Å². The molecule has 0 aliphatic heterocycles. The fourth-order valence-electron chi connectivity index (χ4n) is 1.65. The van der Waals surface area contributed by atoms with Gasteiger partial charge in [-0.2, -0.15) is 0 Å². The predicted octanol–water partition coefficient (Wildman–Crippen LogP) is 1.78. The zero-order valence-corrected chi connectivity index (χ0v) is 12.2. The highest BCUT2D eigenvalue weighted by Crippen LogP contribution is 2.13. The third-order valence-electron chi connectivity index (χ3n) is 2.51. The van der Waals surface area contributed by atoms with E-state index in [0.29, 0.717) is 6.54 Å². The van der Waals surface area contributed by atoms with E-state index in [1.165, 1.54) is 4.90 Å². The van der Waals surface area contributed by atoms with Crippen molar-refractivity contribution in [3.63, 3.8) is 0 Å². The van der Waals surface area contributed by atoms with Crippen molar-refractivity contribution >= 4 is 6.09 Å². The molecule has 0 fully saturated rings. The van der Waals surface area contributed by atoms with Crippen LogP contribution in [0.4, 0.5) is 4.79 Å². The zero-order chi connectivity index (χ0) is 15.2. The number of ether oxygens (including phenoxy) is 1. The molecule has 112 valence electrons.